The van der Waals surface area contributed by atoms with E-state index in [2.05, 4.69) is 5.32 Å². The molecule has 1 N–H and O–H groups in total. The maximum atomic E-state index is 13.6. The normalized spacial score (nSPS) is 21.3. The fourth-order valence-electron chi connectivity index (χ4n) is 2.99. The zero-order valence-electron chi connectivity index (χ0n) is 15.8. The number of amides is 2. The number of anilines is 1. The van der Waals surface area contributed by atoms with Gasteiger partial charge in [-0.3, -0.25) is 14.5 Å². The van der Waals surface area contributed by atoms with Gasteiger partial charge in [0.2, 0.25) is 11.8 Å². The largest absolute Gasteiger partial charge is 0.372 e. The Morgan fingerprint density at radius 2 is 1.81 bits per heavy atom. The van der Waals surface area contributed by atoms with Gasteiger partial charge in [-0.2, -0.15) is 0 Å². The van der Waals surface area contributed by atoms with Crippen molar-refractivity contribution in [3.63, 3.8) is 0 Å². The maximum Gasteiger partial charge on any atom is 0.239 e. The highest BCUT2D eigenvalue weighted by Crippen LogP contribution is 2.19. The Bertz CT molecular complexity index is 707. The van der Waals surface area contributed by atoms with Crippen LogP contribution in [0.15, 0.2) is 12.1 Å². The number of rotatable bonds is 5. The average molecular weight is 387 g/mol. The number of nitrogens with one attached hydrogen (secondary N) is 1. The molecule has 0 aliphatic carbocycles. The van der Waals surface area contributed by atoms with Crippen LogP contribution in [0.1, 0.15) is 20.8 Å². The van der Waals surface area contributed by atoms with E-state index in [1.807, 2.05) is 13.8 Å². The van der Waals surface area contributed by atoms with Gasteiger partial charge < -0.3 is 15.0 Å². The summed E-state index contributed by atoms with van der Waals surface area (Å²) < 4.78 is 45.4. The molecule has 1 aromatic carbocycles. The van der Waals surface area contributed by atoms with Crippen LogP contribution in [0.5, 0.6) is 0 Å². The highest BCUT2D eigenvalue weighted by molar-refractivity contribution is 5.93. The number of nitrogens with zero attached hydrogens (tertiary/aromatic N) is 2. The van der Waals surface area contributed by atoms with Gasteiger partial charge >= 0.3 is 0 Å². The van der Waals surface area contributed by atoms with E-state index in [0.717, 1.165) is 12.1 Å². The quantitative estimate of drug-likeness (QED) is 0.785. The summed E-state index contributed by atoms with van der Waals surface area (Å²) in [5.41, 5.74) is -0.456. The molecule has 0 saturated carbocycles. The fraction of sp³-hybridized carbons (Fsp3) is 0.556. The summed E-state index contributed by atoms with van der Waals surface area (Å²) in [4.78, 5) is 27.9. The van der Waals surface area contributed by atoms with Crippen molar-refractivity contribution in [1.82, 2.24) is 9.80 Å². The smallest absolute Gasteiger partial charge is 0.239 e. The number of carbonyl (C=O) groups is 2. The molecule has 1 aromatic rings. The van der Waals surface area contributed by atoms with Gasteiger partial charge in [0, 0.05) is 13.1 Å². The van der Waals surface area contributed by atoms with Crippen LogP contribution in [0.4, 0.5) is 18.9 Å². The number of benzene rings is 1. The average Bonchev–Trinajstić information content (AvgIpc) is 2.60. The Morgan fingerprint density at radius 3 is 2.41 bits per heavy atom. The molecule has 0 unspecified atom stereocenters. The minimum absolute atomic E-state index is 0.0742. The van der Waals surface area contributed by atoms with Crippen molar-refractivity contribution < 1.29 is 27.5 Å². The number of halogens is 3. The molecular formula is C18H24F3N3O3. The summed E-state index contributed by atoms with van der Waals surface area (Å²) in [5, 5.41) is 2.19. The molecule has 9 heteroatoms. The first-order valence-electron chi connectivity index (χ1n) is 8.68. The van der Waals surface area contributed by atoms with Crippen LogP contribution < -0.4 is 5.32 Å². The molecule has 0 spiro atoms. The third-order valence-electron chi connectivity index (χ3n) is 4.45. The molecule has 3 atom stereocenters. The molecule has 6 nitrogen and oxygen atoms in total. The van der Waals surface area contributed by atoms with Crippen LogP contribution >= 0.6 is 0 Å². The molecular weight excluding hydrogens is 363 g/mol. The van der Waals surface area contributed by atoms with Crippen LogP contribution in [0.25, 0.3) is 0 Å². The molecule has 150 valence electrons. The van der Waals surface area contributed by atoms with Crippen molar-refractivity contribution in [3.05, 3.63) is 29.6 Å². The summed E-state index contributed by atoms with van der Waals surface area (Å²) in [6.07, 6.45) is -0.148. The lowest BCUT2D eigenvalue weighted by molar-refractivity contribution is -0.148. The Morgan fingerprint density at radius 1 is 1.22 bits per heavy atom. The zero-order chi connectivity index (χ0) is 20.3. The van der Waals surface area contributed by atoms with Crippen LogP contribution in [0, 0.1) is 17.5 Å². The lowest BCUT2D eigenvalue weighted by Crippen LogP contribution is -2.54. The first-order valence-corrected chi connectivity index (χ1v) is 8.68. The number of ether oxygens (including phenoxy) is 1. The Hall–Kier alpha value is -2.13. The van der Waals surface area contributed by atoms with Gasteiger partial charge in [0.1, 0.15) is 0 Å². The highest BCUT2D eigenvalue weighted by Gasteiger charge is 2.30. The van der Waals surface area contributed by atoms with Crippen molar-refractivity contribution in [2.45, 2.75) is 39.0 Å². The lowest BCUT2D eigenvalue weighted by atomic mass is 10.2. The van der Waals surface area contributed by atoms with E-state index in [4.69, 9.17) is 4.74 Å². The molecule has 0 radical (unpaired) electrons. The van der Waals surface area contributed by atoms with E-state index in [1.54, 1.807) is 18.9 Å². The monoisotopic (exact) mass is 387 g/mol. The number of hydrogen-bond donors (Lipinski definition) is 1. The summed E-state index contributed by atoms with van der Waals surface area (Å²) in [6, 6.07) is 1.07. The van der Waals surface area contributed by atoms with Gasteiger partial charge in [0.15, 0.2) is 17.5 Å². The standard InChI is InChI=1S/C18H24F3N3O3/c1-10-7-24(8-11(2)27-10)18(26)12(3)23(4)9-15(25)22-14-6-5-13(19)16(20)17(14)21/h5-6,10-12H,7-9H2,1-4H3,(H,22,25)/t10-,11-,12-/m1/s1. The van der Waals surface area contributed by atoms with Crippen LogP contribution in [-0.2, 0) is 14.3 Å². The topological polar surface area (TPSA) is 61.9 Å². The fourth-order valence-corrected chi connectivity index (χ4v) is 2.99. The second-order valence-electron chi connectivity index (χ2n) is 6.86. The van der Waals surface area contributed by atoms with Crippen molar-refractivity contribution in [2.75, 3.05) is 32.0 Å². The molecule has 1 aliphatic rings. The molecule has 0 aromatic heterocycles. The Labute approximate surface area is 156 Å². The van der Waals surface area contributed by atoms with E-state index in [1.165, 1.54) is 4.90 Å². The van der Waals surface area contributed by atoms with E-state index in [0.29, 0.717) is 13.1 Å². The number of carbonyl (C=O) groups excluding carboxylic acids is 2. The molecule has 1 heterocycles. The van der Waals surface area contributed by atoms with Gasteiger partial charge in [-0.15, -0.1) is 0 Å². The Kier molecular flexibility index (Phi) is 6.83. The molecule has 1 saturated heterocycles. The summed E-state index contributed by atoms with van der Waals surface area (Å²) in [7, 11) is 1.58. The van der Waals surface area contributed by atoms with Gasteiger partial charge in [-0.1, -0.05) is 0 Å². The van der Waals surface area contributed by atoms with E-state index in [-0.39, 0.29) is 24.7 Å². The van der Waals surface area contributed by atoms with Gasteiger partial charge in [0.25, 0.3) is 0 Å². The van der Waals surface area contributed by atoms with E-state index < -0.39 is 35.1 Å². The van der Waals surface area contributed by atoms with Crippen LogP contribution in [-0.4, -0.2) is 66.5 Å². The predicted octanol–water partition coefficient (Wildman–Crippen LogP) is 2.00. The van der Waals surface area contributed by atoms with Crippen molar-refractivity contribution >= 4 is 17.5 Å². The molecule has 2 rings (SSSR count). The lowest BCUT2D eigenvalue weighted by Gasteiger charge is -2.38. The summed E-state index contributed by atoms with van der Waals surface area (Å²) >= 11 is 0. The van der Waals surface area contributed by atoms with E-state index >= 15 is 0 Å². The molecule has 2 amide bonds. The van der Waals surface area contributed by atoms with Gasteiger partial charge in [0.05, 0.1) is 30.5 Å². The minimum atomic E-state index is -1.65. The molecule has 1 aliphatic heterocycles. The van der Waals surface area contributed by atoms with Crippen LogP contribution in [0.2, 0.25) is 0 Å². The number of hydrogen-bond acceptors (Lipinski definition) is 4. The third kappa shape index (κ3) is 5.20. The van der Waals surface area contributed by atoms with Gasteiger partial charge in [-0.05, 0) is 40.0 Å². The van der Waals surface area contributed by atoms with Crippen molar-refractivity contribution in [1.29, 1.82) is 0 Å². The first kappa shape index (κ1) is 21.2. The summed E-state index contributed by atoms with van der Waals surface area (Å²) in [5.74, 6) is -5.25. The number of morpholine rings is 1. The second-order valence-corrected chi connectivity index (χ2v) is 6.86. The first-order chi connectivity index (χ1) is 12.6. The third-order valence-corrected chi connectivity index (χ3v) is 4.45. The SMILES string of the molecule is C[C@@H]1CN(C(=O)[C@@H](C)N(C)CC(=O)Nc2ccc(F)c(F)c2F)C[C@@H](C)O1. The predicted molar refractivity (Wildman–Crippen MR) is 93.6 cm³/mol. The van der Waals surface area contributed by atoms with Crippen molar-refractivity contribution in [3.8, 4) is 0 Å². The minimum Gasteiger partial charge on any atom is -0.372 e. The van der Waals surface area contributed by atoms with Crippen LogP contribution in [0.3, 0.4) is 0 Å². The van der Waals surface area contributed by atoms with Crippen molar-refractivity contribution in [2.24, 2.45) is 0 Å². The number of likely N-dealkylation sites (N-methyl/N-ethyl adjacent to an activating group) is 1. The zero-order valence-corrected chi connectivity index (χ0v) is 15.8. The molecule has 0 bridgehead atoms. The summed E-state index contributed by atoms with van der Waals surface area (Å²) in [6.45, 7) is 6.14. The highest BCUT2D eigenvalue weighted by atomic mass is 19.2. The Balaban J connectivity index is 1.95. The van der Waals surface area contributed by atoms with E-state index in [9.17, 15) is 22.8 Å². The second kappa shape index (κ2) is 8.71. The maximum absolute atomic E-state index is 13.6. The van der Waals surface area contributed by atoms with Gasteiger partial charge in [-0.25, -0.2) is 13.2 Å². The molecule has 27 heavy (non-hydrogen) atoms. The molecule has 1 fully saturated rings.